The zero-order valence-electron chi connectivity index (χ0n) is 12.5. The average Bonchev–Trinajstić information content (AvgIpc) is 2.56. The Labute approximate surface area is 136 Å². The number of alkyl halides is 2. The number of rotatable bonds is 4. The molecule has 9 heteroatoms. The number of urea groups is 1. The first-order valence-electron chi connectivity index (χ1n) is 7.18. The second-order valence-electron chi connectivity index (χ2n) is 5.23. The van der Waals surface area contributed by atoms with Crippen molar-refractivity contribution >= 4 is 17.7 Å². The molecule has 1 saturated heterocycles. The van der Waals surface area contributed by atoms with Crippen molar-refractivity contribution in [2.24, 2.45) is 5.92 Å². The normalized spacial score (nSPS) is 15.0. The van der Waals surface area contributed by atoms with E-state index in [1.807, 2.05) is 6.07 Å². The van der Waals surface area contributed by atoms with Gasteiger partial charge in [-0.2, -0.15) is 14.0 Å². The average molecular weight is 339 g/mol. The van der Waals surface area contributed by atoms with E-state index in [4.69, 9.17) is 10.4 Å². The predicted molar refractivity (Wildman–Crippen MR) is 78.7 cm³/mol. The van der Waals surface area contributed by atoms with Crippen LogP contribution in [0.25, 0.3) is 0 Å². The van der Waals surface area contributed by atoms with Crippen LogP contribution in [0.2, 0.25) is 0 Å². The number of amides is 2. The molecule has 24 heavy (non-hydrogen) atoms. The Bertz CT molecular complexity index is 667. The number of anilines is 1. The Balaban J connectivity index is 2.08. The van der Waals surface area contributed by atoms with Gasteiger partial charge in [0, 0.05) is 13.1 Å². The molecular formula is C15H15F2N3O4. The van der Waals surface area contributed by atoms with Crippen molar-refractivity contribution in [1.29, 1.82) is 5.26 Å². The van der Waals surface area contributed by atoms with Crippen molar-refractivity contribution < 1.29 is 28.2 Å². The second kappa shape index (κ2) is 7.59. The first kappa shape index (κ1) is 17.5. The van der Waals surface area contributed by atoms with Crippen LogP contribution in [0.3, 0.4) is 0 Å². The quantitative estimate of drug-likeness (QED) is 0.877. The number of nitrogens with one attached hydrogen (secondary N) is 1. The van der Waals surface area contributed by atoms with E-state index in [2.05, 4.69) is 10.1 Å². The number of nitriles is 1. The molecule has 0 atom stereocenters. The summed E-state index contributed by atoms with van der Waals surface area (Å²) in [6.45, 7) is -2.59. The van der Waals surface area contributed by atoms with Crippen molar-refractivity contribution in [2.45, 2.75) is 19.5 Å². The summed E-state index contributed by atoms with van der Waals surface area (Å²) in [7, 11) is 0. The summed E-state index contributed by atoms with van der Waals surface area (Å²) in [5.41, 5.74) is 0.135. The Morgan fingerprint density at radius 3 is 2.58 bits per heavy atom. The lowest BCUT2D eigenvalue weighted by Gasteiger charge is -2.30. The number of halogens is 2. The largest absolute Gasteiger partial charge is 0.481 e. The monoisotopic (exact) mass is 339 g/mol. The third kappa shape index (κ3) is 4.32. The van der Waals surface area contributed by atoms with E-state index in [0.29, 0.717) is 12.8 Å². The molecular weight excluding hydrogens is 324 g/mol. The molecule has 2 N–H and O–H groups in total. The third-order valence-electron chi connectivity index (χ3n) is 3.70. The number of carboxylic acid groups (broad SMARTS) is 1. The van der Waals surface area contributed by atoms with Crippen molar-refractivity contribution in [3.63, 3.8) is 0 Å². The number of ether oxygens (including phenoxy) is 1. The number of carbonyl (C=O) groups excluding carboxylic acids is 1. The minimum absolute atomic E-state index is 0.0419. The number of piperidine rings is 1. The molecule has 1 fully saturated rings. The third-order valence-corrected chi connectivity index (χ3v) is 3.70. The van der Waals surface area contributed by atoms with Crippen LogP contribution in [-0.2, 0) is 4.79 Å². The molecule has 1 aromatic carbocycles. The van der Waals surface area contributed by atoms with Crippen LogP contribution < -0.4 is 10.1 Å². The minimum atomic E-state index is -3.07. The number of aliphatic carboxylic acids is 1. The Hall–Kier alpha value is -2.89. The highest BCUT2D eigenvalue weighted by Crippen LogP contribution is 2.28. The maximum absolute atomic E-state index is 12.4. The lowest BCUT2D eigenvalue weighted by molar-refractivity contribution is -0.143. The number of benzene rings is 1. The van der Waals surface area contributed by atoms with Crippen LogP contribution in [0.4, 0.5) is 19.3 Å². The fourth-order valence-electron chi connectivity index (χ4n) is 2.42. The predicted octanol–water partition coefficient (Wildman–Crippen LogP) is 2.49. The summed E-state index contributed by atoms with van der Waals surface area (Å²) in [5, 5.41) is 20.3. The molecule has 1 heterocycles. The number of carboxylic acids is 1. The molecule has 0 spiro atoms. The summed E-state index contributed by atoms with van der Waals surface area (Å²) in [4.78, 5) is 24.5. The van der Waals surface area contributed by atoms with E-state index in [1.54, 1.807) is 0 Å². The number of nitrogens with zero attached hydrogens (tertiary/aromatic N) is 2. The number of carbonyl (C=O) groups is 2. The van der Waals surface area contributed by atoms with Gasteiger partial charge in [-0.15, -0.1) is 0 Å². The zero-order valence-corrected chi connectivity index (χ0v) is 12.5. The van der Waals surface area contributed by atoms with Gasteiger partial charge in [0.1, 0.15) is 5.75 Å². The molecule has 0 saturated carbocycles. The zero-order chi connectivity index (χ0) is 17.7. The maximum atomic E-state index is 12.4. The summed E-state index contributed by atoms with van der Waals surface area (Å²) < 4.78 is 29.2. The van der Waals surface area contributed by atoms with Gasteiger partial charge >= 0.3 is 18.6 Å². The van der Waals surface area contributed by atoms with Gasteiger partial charge in [0.15, 0.2) is 0 Å². The molecule has 2 amide bonds. The molecule has 7 nitrogen and oxygen atoms in total. The summed E-state index contributed by atoms with van der Waals surface area (Å²) >= 11 is 0. The molecule has 0 radical (unpaired) electrons. The highest BCUT2D eigenvalue weighted by atomic mass is 19.3. The van der Waals surface area contributed by atoms with Crippen LogP contribution in [0.5, 0.6) is 5.75 Å². The van der Waals surface area contributed by atoms with Gasteiger partial charge in [0.2, 0.25) is 0 Å². The summed E-state index contributed by atoms with van der Waals surface area (Å²) in [5.74, 6) is -1.64. The molecule has 0 aromatic heterocycles. The molecule has 0 bridgehead atoms. The standard InChI is InChI=1S/C15H15F2N3O4/c16-14(17)24-12-2-1-9(8-18)7-11(12)19-15(23)20-5-3-10(4-6-20)13(21)22/h1-2,7,10,14H,3-6H2,(H,19,23)(H,21,22). The van der Waals surface area contributed by atoms with Crippen molar-refractivity contribution in [3.8, 4) is 11.8 Å². The molecule has 1 aliphatic rings. The topological polar surface area (TPSA) is 103 Å². The Kier molecular flexibility index (Phi) is 5.52. The van der Waals surface area contributed by atoms with E-state index < -0.39 is 24.5 Å². The van der Waals surface area contributed by atoms with Crippen molar-refractivity contribution in [3.05, 3.63) is 23.8 Å². The first-order chi connectivity index (χ1) is 11.4. The molecule has 128 valence electrons. The number of hydrogen-bond acceptors (Lipinski definition) is 4. The fraction of sp³-hybridized carbons (Fsp3) is 0.400. The Morgan fingerprint density at radius 1 is 1.38 bits per heavy atom. The molecule has 0 aliphatic carbocycles. The van der Waals surface area contributed by atoms with Gasteiger partial charge in [0.05, 0.1) is 23.2 Å². The van der Waals surface area contributed by atoms with E-state index >= 15 is 0 Å². The lowest BCUT2D eigenvalue weighted by Crippen LogP contribution is -2.42. The highest BCUT2D eigenvalue weighted by Gasteiger charge is 2.27. The van der Waals surface area contributed by atoms with Gasteiger partial charge in [-0.25, -0.2) is 4.79 Å². The van der Waals surface area contributed by atoms with Gasteiger partial charge in [0.25, 0.3) is 0 Å². The lowest BCUT2D eigenvalue weighted by atomic mass is 9.97. The van der Waals surface area contributed by atoms with Crippen LogP contribution in [-0.4, -0.2) is 41.7 Å². The van der Waals surface area contributed by atoms with Gasteiger partial charge in [-0.05, 0) is 31.0 Å². The minimum Gasteiger partial charge on any atom is -0.481 e. The first-order valence-corrected chi connectivity index (χ1v) is 7.18. The summed E-state index contributed by atoms with van der Waals surface area (Å²) in [6, 6.07) is 4.99. The second-order valence-corrected chi connectivity index (χ2v) is 5.23. The van der Waals surface area contributed by atoms with Gasteiger partial charge in [-0.3, -0.25) is 4.79 Å². The van der Waals surface area contributed by atoms with Crippen LogP contribution in [0.15, 0.2) is 18.2 Å². The van der Waals surface area contributed by atoms with E-state index in [1.165, 1.54) is 23.1 Å². The molecule has 2 rings (SSSR count). The van der Waals surface area contributed by atoms with E-state index in [-0.39, 0.29) is 30.1 Å². The fourth-order valence-corrected chi connectivity index (χ4v) is 2.42. The smallest absolute Gasteiger partial charge is 0.387 e. The van der Waals surface area contributed by atoms with Crippen LogP contribution in [0, 0.1) is 17.2 Å². The van der Waals surface area contributed by atoms with Crippen molar-refractivity contribution in [1.82, 2.24) is 4.90 Å². The Morgan fingerprint density at radius 2 is 2.04 bits per heavy atom. The van der Waals surface area contributed by atoms with Crippen LogP contribution >= 0.6 is 0 Å². The van der Waals surface area contributed by atoms with Crippen LogP contribution in [0.1, 0.15) is 18.4 Å². The number of hydrogen-bond donors (Lipinski definition) is 2. The van der Waals surface area contributed by atoms with E-state index in [0.717, 1.165) is 0 Å². The van der Waals surface area contributed by atoms with Gasteiger partial charge < -0.3 is 20.1 Å². The summed E-state index contributed by atoms with van der Waals surface area (Å²) in [6.07, 6.45) is 0.642. The van der Waals surface area contributed by atoms with Crippen molar-refractivity contribution in [2.75, 3.05) is 18.4 Å². The maximum Gasteiger partial charge on any atom is 0.387 e. The van der Waals surface area contributed by atoms with Gasteiger partial charge in [-0.1, -0.05) is 0 Å². The molecule has 0 unspecified atom stereocenters. The molecule has 1 aliphatic heterocycles. The number of likely N-dealkylation sites (tertiary alicyclic amines) is 1. The SMILES string of the molecule is N#Cc1ccc(OC(F)F)c(NC(=O)N2CCC(C(=O)O)CC2)c1. The molecule has 1 aromatic rings. The highest BCUT2D eigenvalue weighted by molar-refractivity contribution is 5.91. The van der Waals surface area contributed by atoms with E-state index in [9.17, 15) is 18.4 Å².